The highest BCUT2D eigenvalue weighted by Crippen LogP contribution is 2.19. The summed E-state index contributed by atoms with van der Waals surface area (Å²) in [5, 5.41) is 5.44. The van der Waals surface area contributed by atoms with E-state index in [1.807, 2.05) is 50.2 Å². The van der Waals surface area contributed by atoms with Crippen LogP contribution in [-0.4, -0.2) is 22.7 Å². The van der Waals surface area contributed by atoms with Crippen LogP contribution in [-0.2, 0) is 0 Å². The number of rotatable bonds is 3. The first-order valence-electron chi connectivity index (χ1n) is 7.85. The van der Waals surface area contributed by atoms with Crippen LogP contribution in [0.15, 0.2) is 59.4 Å². The minimum absolute atomic E-state index is 0.129. The van der Waals surface area contributed by atoms with Gasteiger partial charge in [-0.2, -0.15) is 5.10 Å². The summed E-state index contributed by atoms with van der Waals surface area (Å²) < 4.78 is 1.37. The number of aromatic nitrogens is 2. The van der Waals surface area contributed by atoms with E-state index in [4.69, 9.17) is 0 Å². The molecule has 2 aromatic carbocycles. The van der Waals surface area contributed by atoms with Crippen molar-refractivity contribution >= 4 is 22.4 Å². The SMILES string of the molecule is CC(C)n1nc(C(=O)N(C)c2ccccc2)c2ccccc2c1=O. The quantitative estimate of drug-likeness (QED) is 0.744. The maximum Gasteiger partial charge on any atom is 0.279 e. The highest BCUT2D eigenvalue weighted by Gasteiger charge is 2.21. The van der Waals surface area contributed by atoms with Crippen LogP contribution in [0.2, 0.25) is 0 Å². The lowest BCUT2D eigenvalue weighted by atomic mass is 10.1. The number of benzene rings is 2. The van der Waals surface area contributed by atoms with E-state index in [0.29, 0.717) is 10.8 Å². The predicted octanol–water partition coefficient (Wildman–Crippen LogP) is 3.25. The zero-order valence-electron chi connectivity index (χ0n) is 13.9. The highest BCUT2D eigenvalue weighted by atomic mass is 16.2. The molecule has 0 saturated carbocycles. The van der Waals surface area contributed by atoms with Crippen molar-refractivity contribution in [1.29, 1.82) is 0 Å². The van der Waals surface area contributed by atoms with E-state index in [2.05, 4.69) is 5.10 Å². The smallest absolute Gasteiger partial charge is 0.279 e. The number of nitrogens with zero attached hydrogens (tertiary/aromatic N) is 3. The molecule has 0 aliphatic rings. The van der Waals surface area contributed by atoms with Crippen molar-refractivity contribution < 1.29 is 4.79 Å². The lowest BCUT2D eigenvalue weighted by Gasteiger charge is -2.19. The minimum atomic E-state index is -0.244. The number of hydrogen-bond acceptors (Lipinski definition) is 3. The van der Waals surface area contributed by atoms with Crippen LogP contribution in [0.3, 0.4) is 0 Å². The van der Waals surface area contributed by atoms with Crippen molar-refractivity contribution in [2.24, 2.45) is 0 Å². The number of para-hydroxylation sites is 1. The van der Waals surface area contributed by atoms with Crippen LogP contribution < -0.4 is 10.5 Å². The Morgan fingerprint density at radius 3 is 2.21 bits per heavy atom. The predicted molar refractivity (Wildman–Crippen MR) is 95.6 cm³/mol. The Balaban J connectivity index is 2.20. The third-order valence-electron chi connectivity index (χ3n) is 3.97. The van der Waals surface area contributed by atoms with Crippen molar-refractivity contribution in [2.75, 3.05) is 11.9 Å². The number of anilines is 1. The van der Waals surface area contributed by atoms with Gasteiger partial charge >= 0.3 is 0 Å². The molecule has 5 nitrogen and oxygen atoms in total. The Morgan fingerprint density at radius 1 is 1.00 bits per heavy atom. The molecule has 5 heteroatoms. The van der Waals surface area contributed by atoms with Crippen LogP contribution in [0.5, 0.6) is 0 Å². The van der Waals surface area contributed by atoms with Gasteiger partial charge in [0.25, 0.3) is 11.5 Å². The molecule has 0 radical (unpaired) electrons. The normalized spacial score (nSPS) is 11.0. The Bertz CT molecular complexity index is 946. The molecule has 0 bridgehead atoms. The molecule has 0 N–H and O–H groups in total. The third-order valence-corrected chi connectivity index (χ3v) is 3.97. The Kier molecular flexibility index (Phi) is 4.16. The van der Waals surface area contributed by atoms with Crippen LogP contribution in [0, 0.1) is 0 Å². The number of amides is 1. The fraction of sp³-hybridized carbons (Fsp3) is 0.211. The Hall–Kier alpha value is -2.95. The second kappa shape index (κ2) is 6.28. The van der Waals surface area contributed by atoms with Crippen molar-refractivity contribution in [2.45, 2.75) is 19.9 Å². The van der Waals surface area contributed by atoms with Crippen molar-refractivity contribution in [3.05, 3.63) is 70.6 Å². The molecule has 1 heterocycles. The van der Waals surface area contributed by atoms with Crippen LogP contribution in [0.1, 0.15) is 30.4 Å². The summed E-state index contributed by atoms with van der Waals surface area (Å²) in [5.41, 5.74) is 0.875. The van der Waals surface area contributed by atoms with E-state index < -0.39 is 0 Å². The summed E-state index contributed by atoms with van der Waals surface area (Å²) in [7, 11) is 1.71. The van der Waals surface area contributed by atoms with E-state index in [9.17, 15) is 9.59 Å². The molecule has 3 aromatic rings. The summed E-state index contributed by atoms with van der Waals surface area (Å²) in [6.07, 6.45) is 0. The lowest BCUT2D eigenvalue weighted by molar-refractivity contribution is 0.0987. The molecule has 0 spiro atoms. The molecule has 0 aliphatic carbocycles. The van der Waals surface area contributed by atoms with E-state index in [-0.39, 0.29) is 23.2 Å². The summed E-state index contributed by atoms with van der Waals surface area (Å²) in [6, 6.07) is 16.3. The standard InChI is InChI=1S/C19H19N3O2/c1-13(2)22-18(23)16-12-8-7-11-15(16)17(20-22)19(24)21(3)14-9-5-4-6-10-14/h4-13H,1-3H3. The zero-order chi connectivity index (χ0) is 17.3. The Morgan fingerprint density at radius 2 is 1.58 bits per heavy atom. The van der Waals surface area contributed by atoms with Gasteiger partial charge in [-0.1, -0.05) is 36.4 Å². The average Bonchev–Trinajstić information content (AvgIpc) is 2.61. The molecule has 0 atom stereocenters. The van der Waals surface area contributed by atoms with E-state index >= 15 is 0 Å². The number of fused-ring (bicyclic) bond motifs is 1. The van der Waals surface area contributed by atoms with Gasteiger partial charge in [-0.25, -0.2) is 4.68 Å². The maximum atomic E-state index is 13.0. The van der Waals surface area contributed by atoms with Crippen molar-refractivity contribution in [3.8, 4) is 0 Å². The molecular formula is C19H19N3O2. The maximum absolute atomic E-state index is 13.0. The largest absolute Gasteiger partial charge is 0.310 e. The fourth-order valence-corrected chi connectivity index (χ4v) is 2.64. The summed E-state index contributed by atoms with van der Waals surface area (Å²) in [5.74, 6) is -0.244. The van der Waals surface area contributed by atoms with Gasteiger partial charge in [-0.15, -0.1) is 0 Å². The van der Waals surface area contributed by atoms with E-state index in [1.165, 1.54) is 4.68 Å². The van der Waals surface area contributed by atoms with E-state index in [0.717, 1.165) is 5.69 Å². The average molecular weight is 321 g/mol. The second-order valence-corrected chi connectivity index (χ2v) is 5.94. The molecule has 0 unspecified atom stereocenters. The molecule has 3 rings (SSSR count). The fourth-order valence-electron chi connectivity index (χ4n) is 2.64. The molecule has 24 heavy (non-hydrogen) atoms. The van der Waals surface area contributed by atoms with Gasteiger partial charge in [0, 0.05) is 18.1 Å². The lowest BCUT2D eigenvalue weighted by Crippen LogP contribution is -2.32. The molecule has 0 saturated heterocycles. The zero-order valence-corrected chi connectivity index (χ0v) is 13.9. The van der Waals surface area contributed by atoms with Crippen LogP contribution >= 0.6 is 0 Å². The van der Waals surface area contributed by atoms with Gasteiger partial charge < -0.3 is 4.90 Å². The molecule has 0 fully saturated rings. The van der Waals surface area contributed by atoms with Crippen molar-refractivity contribution in [1.82, 2.24) is 9.78 Å². The topological polar surface area (TPSA) is 55.2 Å². The summed E-state index contributed by atoms with van der Waals surface area (Å²) in [6.45, 7) is 3.75. The van der Waals surface area contributed by atoms with Gasteiger partial charge in [-0.3, -0.25) is 9.59 Å². The number of carbonyl (C=O) groups excluding carboxylic acids is 1. The van der Waals surface area contributed by atoms with E-state index in [1.54, 1.807) is 30.1 Å². The molecular weight excluding hydrogens is 302 g/mol. The first-order chi connectivity index (χ1) is 11.5. The first-order valence-corrected chi connectivity index (χ1v) is 7.85. The second-order valence-electron chi connectivity index (χ2n) is 5.94. The van der Waals surface area contributed by atoms with Gasteiger partial charge in [0.2, 0.25) is 0 Å². The first kappa shape index (κ1) is 15.9. The van der Waals surface area contributed by atoms with Crippen molar-refractivity contribution in [3.63, 3.8) is 0 Å². The van der Waals surface area contributed by atoms with Gasteiger partial charge in [0.15, 0.2) is 5.69 Å². The number of hydrogen-bond donors (Lipinski definition) is 0. The molecule has 1 aromatic heterocycles. The number of carbonyl (C=O) groups is 1. The summed E-state index contributed by atoms with van der Waals surface area (Å²) in [4.78, 5) is 27.1. The van der Waals surface area contributed by atoms with Gasteiger partial charge in [-0.05, 0) is 32.0 Å². The molecule has 1 amide bonds. The van der Waals surface area contributed by atoms with Gasteiger partial charge in [0.1, 0.15) is 0 Å². The minimum Gasteiger partial charge on any atom is -0.310 e. The van der Waals surface area contributed by atoms with Crippen LogP contribution in [0.25, 0.3) is 10.8 Å². The van der Waals surface area contributed by atoms with Gasteiger partial charge in [0.05, 0.1) is 11.4 Å². The molecule has 0 aliphatic heterocycles. The Labute approximate surface area is 140 Å². The molecule has 122 valence electrons. The highest BCUT2D eigenvalue weighted by molar-refractivity contribution is 6.12. The summed E-state index contributed by atoms with van der Waals surface area (Å²) >= 11 is 0. The third kappa shape index (κ3) is 2.69. The monoisotopic (exact) mass is 321 g/mol. The van der Waals surface area contributed by atoms with Crippen LogP contribution in [0.4, 0.5) is 5.69 Å².